The molecule has 0 aliphatic rings. The quantitative estimate of drug-likeness (QED) is 0.910. The van der Waals surface area contributed by atoms with Crippen molar-refractivity contribution in [2.24, 2.45) is 5.73 Å². The first-order chi connectivity index (χ1) is 10.4. The van der Waals surface area contributed by atoms with Gasteiger partial charge in [0.15, 0.2) is 0 Å². The van der Waals surface area contributed by atoms with E-state index in [9.17, 15) is 0 Å². The third-order valence-corrected chi connectivity index (χ3v) is 4.32. The molecule has 4 heteroatoms. The summed E-state index contributed by atoms with van der Waals surface area (Å²) in [4.78, 5) is 0. The van der Waals surface area contributed by atoms with Crippen LogP contribution in [0.5, 0.6) is 0 Å². The van der Waals surface area contributed by atoms with Crippen molar-refractivity contribution in [3.8, 4) is 5.69 Å². The van der Waals surface area contributed by atoms with E-state index in [-0.39, 0.29) is 5.41 Å². The average molecular weight is 300 g/mol. The van der Waals surface area contributed by atoms with Crippen LogP contribution in [0, 0.1) is 0 Å². The summed E-state index contributed by atoms with van der Waals surface area (Å²) in [6.45, 7) is 11.5. The molecule has 2 aromatic rings. The number of aromatic nitrogens is 3. The summed E-state index contributed by atoms with van der Waals surface area (Å²) in [5.41, 5.74) is 10.5. The number of hydrogen-bond acceptors (Lipinski definition) is 3. The third kappa shape index (κ3) is 3.22. The first-order valence-electron chi connectivity index (χ1n) is 8.17. The van der Waals surface area contributed by atoms with Crippen LogP contribution in [-0.2, 0) is 12.0 Å². The Morgan fingerprint density at radius 2 is 1.68 bits per heavy atom. The van der Waals surface area contributed by atoms with Crippen molar-refractivity contribution in [2.45, 2.75) is 65.3 Å². The van der Waals surface area contributed by atoms with Gasteiger partial charge in [-0.3, -0.25) is 0 Å². The zero-order valence-electron chi connectivity index (χ0n) is 14.4. The lowest BCUT2D eigenvalue weighted by Gasteiger charge is -2.20. The highest BCUT2D eigenvalue weighted by atomic mass is 15.4. The van der Waals surface area contributed by atoms with Gasteiger partial charge in [-0.15, -0.1) is 5.10 Å². The minimum Gasteiger partial charge on any atom is -0.325 e. The van der Waals surface area contributed by atoms with Gasteiger partial charge in [-0.25, -0.2) is 4.68 Å². The maximum atomic E-state index is 5.85. The van der Waals surface area contributed by atoms with Crippen molar-refractivity contribution in [3.05, 3.63) is 41.2 Å². The molecule has 0 aliphatic heterocycles. The van der Waals surface area contributed by atoms with Crippen molar-refractivity contribution < 1.29 is 0 Å². The van der Waals surface area contributed by atoms with Crippen LogP contribution < -0.4 is 5.73 Å². The Balaban J connectivity index is 2.46. The van der Waals surface area contributed by atoms with E-state index in [0.717, 1.165) is 29.9 Å². The second-order valence-corrected chi connectivity index (χ2v) is 6.85. The van der Waals surface area contributed by atoms with Gasteiger partial charge in [0.2, 0.25) is 0 Å². The van der Waals surface area contributed by atoms with Crippen molar-refractivity contribution in [3.63, 3.8) is 0 Å². The van der Waals surface area contributed by atoms with Gasteiger partial charge in [0.25, 0.3) is 0 Å². The molecular formula is C18H28N4. The summed E-state index contributed by atoms with van der Waals surface area (Å²) in [6, 6.07) is 8.61. The smallest absolute Gasteiger partial charge is 0.100 e. The molecule has 0 radical (unpaired) electrons. The Hall–Kier alpha value is -1.68. The van der Waals surface area contributed by atoms with Crippen LogP contribution in [0.1, 0.15) is 70.3 Å². The van der Waals surface area contributed by atoms with E-state index in [1.54, 1.807) is 0 Å². The molecule has 0 saturated heterocycles. The molecule has 0 saturated carbocycles. The second-order valence-electron chi connectivity index (χ2n) is 6.85. The van der Waals surface area contributed by atoms with E-state index in [4.69, 9.17) is 5.73 Å². The standard InChI is InChI=1S/C18H28N4/c1-6-13(7-2)17-16(12-19)20-21-22(17)15-10-8-14(9-11-15)18(3,4)5/h8-11,13H,6-7,12,19H2,1-5H3. The normalized spacial score (nSPS) is 12.1. The van der Waals surface area contributed by atoms with Gasteiger partial charge in [0.05, 0.1) is 11.4 Å². The number of benzene rings is 1. The Bertz CT molecular complexity index is 601. The molecule has 0 bridgehead atoms. The summed E-state index contributed by atoms with van der Waals surface area (Å²) < 4.78 is 1.96. The highest BCUT2D eigenvalue weighted by Crippen LogP contribution is 2.28. The molecule has 1 aromatic heterocycles. The second kappa shape index (κ2) is 6.61. The topological polar surface area (TPSA) is 56.7 Å². The molecule has 0 unspecified atom stereocenters. The van der Waals surface area contributed by atoms with E-state index < -0.39 is 0 Å². The van der Waals surface area contributed by atoms with Crippen LogP contribution in [0.15, 0.2) is 24.3 Å². The maximum absolute atomic E-state index is 5.85. The largest absolute Gasteiger partial charge is 0.325 e. The van der Waals surface area contributed by atoms with E-state index in [2.05, 4.69) is 69.2 Å². The van der Waals surface area contributed by atoms with Gasteiger partial charge >= 0.3 is 0 Å². The predicted octanol–water partition coefficient (Wildman–Crippen LogP) is 3.93. The molecule has 1 heterocycles. The van der Waals surface area contributed by atoms with E-state index in [1.165, 1.54) is 5.56 Å². The summed E-state index contributed by atoms with van der Waals surface area (Å²) >= 11 is 0. The highest BCUT2D eigenvalue weighted by Gasteiger charge is 2.21. The minimum absolute atomic E-state index is 0.154. The fourth-order valence-corrected chi connectivity index (χ4v) is 2.84. The Labute approximate surface area is 133 Å². The molecule has 0 spiro atoms. The minimum atomic E-state index is 0.154. The molecule has 0 fully saturated rings. The molecule has 1 aromatic carbocycles. The maximum Gasteiger partial charge on any atom is 0.100 e. The van der Waals surface area contributed by atoms with Gasteiger partial charge in [0.1, 0.15) is 5.69 Å². The first-order valence-corrected chi connectivity index (χ1v) is 8.17. The summed E-state index contributed by atoms with van der Waals surface area (Å²) in [5.74, 6) is 0.441. The molecule has 2 rings (SSSR count). The highest BCUT2D eigenvalue weighted by molar-refractivity contribution is 5.38. The van der Waals surface area contributed by atoms with Crippen LogP contribution in [0.3, 0.4) is 0 Å². The Morgan fingerprint density at radius 3 is 2.14 bits per heavy atom. The summed E-state index contributed by atoms with van der Waals surface area (Å²) in [6.07, 6.45) is 2.13. The van der Waals surface area contributed by atoms with E-state index in [1.807, 2.05) is 4.68 Å². The average Bonchev–Trinajstić information content (AvgIpc) is 2.92. The molecule has 2 N–H and O–H groups in total. The molecule has 0 amide bonds. The van der Waals surface area contributed by atoms with Crippen LogP contribution in [0.4, 0.5) is 0 Å². The van der Waals surface area contributed by atoms with Crippen LogP contribution in [-0.4, -0.2) is 15.0 Å². The SMILES string of the molecule is CCC(CC)c1c(CN)nnn1-c1ccc(C(C)(C)C)cc1. The molecular weight excluding hydrogens is 272 g/mol. The van der Waals surface area contributed by atoms with E-state index in [0.29, 0.717) is 12.5 Å². The molecule has 22 heavy (non-hydrogen) atoms. The van der Waals surface area contributed by atoms with Gasteiger partial charge in [-0.05, 0) is 36.0 Å². The van der Waals surface area contributed by atoms with Crippen molar-refractivity contribution in [2.75, 3.05) is 0 Å². The molecule has 0 aliphatic carbocycles. The Kier molecular flexibility index (Phi) is 5.01. The lowest BCUT2D eigenvalue weighted by atomic mass is 9.87. The van der Waals surface area contributed by atoms with Crippen molar-refractivity contribution in [1.29, 1.82) is 0 Å². The summed E-state index contributed by atoms with van der Waals surface area (Å²) in [5, 5.41) is 8.64. The van der Waals surface area contributed by atoms with Gasteiger partial charge < -0.3 is 5.73 Å². The van der Waals surface area contributed by atoms with Crippen molar-refractivity contribution in [1.82, 2.24) is 15.0 Å². The fraction of sp³-hybridized carbons (Fsp3) is 0.556. The monoisotopic (exact) mass is 300 g/mol. The first kappa shape index (κ1) is 16.7. The number of nitrogens with zero attached hydrogens (tertiary/aromatic N) is 3. The van der Waals surface area contributed by atoms with Gasteiger partial charge in [-0.2, -0.15) is 0 Å². The van der Waals surface area contributed by atoms with Crippen LogP contribution in [0.25, 0.3) is 5.69 Å². The van der Waals surface area contributed by atoms with Crippen molar-refractivity contribution >= 4 is 0 Å². The van der Waals surface area contributed by atoms with Gasteiger partial charge in [-0.1, -0.05) is 52.0 Å². The molecule has 0 atom stereocenters. The van der Waals surface area contributed by atoms with Gasteiger partial charge in [0, 0.05) is 12.5 Å². The lowest BCUT2D eigenvalue weighted by Crippen LogP contribution is -2.13. The number of hydrogen-bond donors (Lipinski definition) is 1. The van der Waals surface area contributed by atoms with E-state index >= 15 is 0 Å². The zero-order chi connectivity index (χ0) is 16.3. The predicted molar refractivity (Wildman–Crippen MR) is 91.3 cm³/mol. The third-order valence-electron chi connectivity index (χ3n) is 4.32. The van der Waals surface area contributed by atoms with Crippen LogP contribution >= 0.6 is 0 Å². The Morgan fingerprint density at radius 1 is 1.09 bits per heavy atom. The number of nitrogens with two attached hydrogens (primary N) is 1. The molecule has 4 nitrogen and oxygen atoms in total. The fourth-order valence-electron chi connectivity index (χ4n) is 2.84. The van der Waals surface area contributed by atoms with Crippen LogP contribution in [0.2, 0.25) is 0 Å². The molecule has 120 valence electrons. The number of rotatable bonds is 5. The summed E-state index contributed by atoms with van der Waals surface area (Å²) in [7, 11) is 0. The zero-order valence-corrected chi connectivity index (χ0v) is 14.4. The lowest BCUT2D eigenvalue weighted by molar-refractivity contribution is 0.585.